The van der Waals surface area contributed by atoms with Crippen LogP contribution in [0.2, 0.25) is 0 Å². The predicted octanol–water partition coefficient (Wildman–Crippen LogP) is 2.09. The molecule has 5 heterocycles. The minimum absolute atomic E-state index is 0.0962. The number of piperazine rings is 1. The third kappa shape index (κ3) is 3.18. The first-order chi connectivity index (χ1) is 14.1. The van der Waals surface area contributed by atoms with Gasteiger partial charge in [-0.1, -0.05) is 11.8 Å². The van der Waals surface area contributed by atoms with Gasteiger partial charge in [0, 0.05) is 26.2 Å². The second-order valence-corrected chi connectivity index (χ2v) is 8.10. The summed E-state index contributed by atoms with van der Waals surface area (Å²) in [5.74, 6) is 1.44. The van der Waals surface area contributed by atoms with Crippen molar-refractivity contribution in [2.75, 3.05) is 26.2 Å². The highest BCUT2D eigenvalue weighted by Crippen LogP contribution is 2.41. The average Bonchev–Trinajstić information content (AvgIpc) is 3.51. The van der Waals surface area contributed by atoms with Gasteiger partial charge in [-0.05, 0) is 31.2 Å². The smallest absolute Gasteiger partial charge is 0.289 e. The van der Waals surface area contributed by atoms with Crippen molar-refractivity contribution >= 4 is 23.6 Å². The van der Waals surface area contributed by atoms with Crippen LogP contribution in [0.15, 0.2) is 50.8 Å². The van der Waals surface area contributed by atoms with E-state index < -0.39 is 5.25 Å². The standard InChI is InChI=1S/C19H19N5O4S/c1-12-20-19-24(21-12)18(26)16(29-19)15(13-4-2-10-27-13)22-6-8-23(9-7-22)17(25)14-5-3-11-28-14/h2-5,10-11,15-16H,6-9H2,1H3. The lowest BCUT2D eigenvalue weighted by molar-refractivity contribution is 0.0492. The first-order valence-corrected chi connectivity index (χ1v) is 10.2. The van der Waals surface area contributed by atoms with E-state index >= 15 is 0 Å². The molecule has 0 N–H and O–H groups in total. The van der Waals surface area contributed by atoms with E-state index in [2.05, 4.69) is 15.0 Å². The molecule has 3 aromatic heterocycles. The molecule has 2 atom stereocenters. The number of aromatic nitrogens is 3. The van der Waals surface area contributed by atoms with E-state index in [4.69, 9.17) is 8.83 Å². The summed E-state index contributed by atoms with van der Waals surface area (Å²) < 4.78 is 12.3. The third-order valence-corrected chi connectivity index (χ3v) is 6.40. The minimum Gasteiger partial charge on any atom is -0.468 e. The van der Waals surface area contributed by atoms with Crippen molar-refractivity contribution < 1.29 is 18.4 Å². The van der Waals surface area contributed by atoms with E-state index in [0.717, 1.165) is 5.76 Å². The molecule has 2 aliphatic heterocycles. The summed E-state index contributed by atoms with van der Waals surface area (Å²) in [6.07, 6.45) is 3.11. The number of hydrogen-bond donors (Lipinski definition) is 0. The van der Waals surface area contributed by atoms with E-state index in [1.54, 1.807) is 30.2 Å². The molecule has 0 bridgehead atoms. The Hall–Kier alpha value is -2.85. The highest BCUT2D eigenvalue weighted by molar-refractivity contribution is 8.00. The fourth-order valence-electron chi connectivity index (χ4n) is 3.84. The molecule has 10 heteroatoms. The molecule has 9 nitrogen and oxygen atoms in total. The zero-order valence-corrected chi connectivity index (χ0v) is 16.5. The summed E-state index contributed by atoms with van der Waals surface area (Å²) in [5, 5.41) is 4.43. The van der Waals surface area contributed by atoms with E-state index in [1.165, 1.54) is 22.7 Å². The van der Waals surface area contributed by atoms with Gasteiger partial charge in [-0.25, -0.2) is 4.98 Å². The van der Waals surface area contributed by atoms with Crippen LogP contribution in [-0.2, 0) is 0 Å². The molecular formula is C19H19N5O4S. The van der Waals surface area contributed by atoms with Gasteiger partial charge in [0.1, 0.15) is 16.8 Å². The van der Waals surface area contributed by atoms with Gasteiger partial charge in [0.05, 0.1) is 18.6 Å². The Balaban J connectivity index is 1.35. The van der Waals surface area contributed by atoms with Gasteiger partial charge in [0.2, 0.25) is 0 Å². The van der Waals surface area contributed by atoms with Gasteiger partial charge in [-0.2, -0.15) is 4.68 Å². The van der Waals surface area contributed by atoms with Crippen LogP contribution in [-0.4, -0.2) is 67.8 Å². The number of hydrogen-bond acceptors (Lipinski definition) is 8. The van der Waals surface area contributed by atoms with Crippen LogP contribution in [0.4, 0.5) is 0 Å². The van der Waals surface area contributed by atoms with Crippen molar-refractivity contribution in [2.24, 2.45) is 0 Å². The topological polar surface area (TPSA) is 97.6 Å². The fraction of sp³-hybridized carbons (Fsp3) is 0.368. The van der Waals surface area contributed by atoms with E-state index in [9.17, 15) is 9.59 Å². The Bertz CT molecular complexity index is 1020. The number of nitrogens with zero attached hydrogens (tertiary/aromatic N) is 5. The molecule has 150 valence electrons. The Kier molecular flexibility index (Phi) is 4.51. The zero-order valence-electron chi connectivity index (χ0n) is 15.7. The first-order valence-electron chi connectivity index (χ1n) is 9.36. The van der Waals surface area contributed by atoms with Crippen LogP contribution < -0.4 is 0 Å². The predicted molar refractivity (Wildman–Crippen MR) is 103 cm³/mol. The van der Waals surface area contributed by atoms with Crippen molar-refractivity contribution in [2.45, 2.75) is 23.4 Å². The Labute approximate surface area is 170 Å². The molecule has 0 spiro atoms. The highest BCUT2D eigenvalue weighted by atomic mass is 32.2. The van der Waals surface area contributed by atoms with Crippen molar-refractivity contribution in [1.82, 2.24) is 24.6 Å². The minimum atomic E-state index is -0.399. The Morgan fingerprint density at radius 3 is 2.59 bits per heavy atom. The van der Waals surface area contributed by atoms with Gasteiger partial charge in [0.15, 0.2) is 10.9 Å². The number of furan rings is 2. The van der Waals surface area contributed by atoms with E-state index in [1.807, 2.05) is 12.1 Å². The quantitative estimate of drug-likeness (QED) is 0.641. The van der Waals surface area contributed by atoms with Gasteiger partial charge >= 0.3 is 0 Å². The van der Waals surface area contributed by atoms with Crippen molar-refractivity contribution in [3.8, 4) is 0 Å². The average molecular weight is 413 g/mol. The van der Waals surface area contributed by atoms with Crippen molar-refractivity contribution in [3.05, 3.63) is 54.1 Å². The summed E-state index contributed by atoms with van der Waals surface area (Å²) >= 11 is 1.41. The van der Waals surface area contributed by atoms with Crippen LogP contribution in [0.5, 0.6) is 0 Å². The highest BCUT2D eigenvalue weighted by Gasteiger charge is 2.45. The molecule has 5 rings (SSSR count). The molecule has 0 radical (unpaired) electrons. The Morgan fingerprint density at radius 2 is 1.93 bits per heavy atom. The second kappa shape index (κ2) is 7.20. The number of amides is 1. The molecule has 0 saturated carbocycles. The lowest BCUT2D eigenvalue weighted by Crippen LogP contribution is -2.51. The maximum absolute atomic E-state index is 13.0. The summed E-state index contributed by atoms with van der Waals surface area (Å²) in [4.78, 5) is 33.9. The third-order valence-electron chi connectivity index (χ3n) is 5.22. The maximum Gasteiger partial charge on any atom is 0.289 e. The second-order valence-electron chi connectivity index (χ2n) is 7.00. The Morgan fingerprint density at radius 1 is 1.17 bits per heavy atom. The zero-order chi connectivity index (χ0) is 20.0. The first kappa shape index (κ1) is 18.2. The number of rotatable bonds is 4. The van der Waals surface area contributed by atoms with Crippen LogP contribution in [0.3, 0.4) is 0 Å². The summed E-state index contributed by atoms with van der Waals surface area (Å²) in [7, 11) is 0. The normalized spacial score (nSPS) is 20.8. The van der Waals surface area contributed by atoms with Gasteiger partial charge in [-0.3, -0.25) is 14.5 Å². The van der Waals surface area contributed by atoms with Crippen LogP contribution in [0, 0.1) is 6.92 Å². The monoisotopic (exact) mass is 413 g/mol. The fourth-order valence-corrected chi connectivity index (χ4v) is 5.12. The van der Waals surface area contributed by atoms with Gasteiger partial charge < -0.3 is 13.7 Å². The summed E-state index contributed by atoms with van der Waals surface area (Å²) in [6.45, 7) is 4.11. The molecule has 1 amide bonds. The van der Waals surface area contributed by atoms with E-state index in [-0.39, 0.29) is 17.9 Å². The summed E-state index contributed by atoms with van der Waals surface area (Å²) in [5.41, 5.74) is 0. The van der Waals surface area contributed by atoms with E-state index in [0.29, 0.717) is 42.9 Å². The molecule has 1 saturated heterocycles. The molecule has 3 aromatic rings. The van der Waals surface area contributed by atoms with Crippen LogP contribution in [0.25, 0.3) is 0 Å². The van der Waals surface area contributed by atoms with Crippen LogP contribution >= 0.6 is 11.8 Å². The number of fused-ring (bicyclic) bond motifs is 1. The lowest BCUT2D eigenvalue weighted by atomic mass is 10.1. The number of aryl methyl sites for hydroxylation is 1. The molecule has 0 aliphatic carbocycles. The van der Waals surface area contributed by atoms with Gasteiger partial charge in [-0.15, -0.1) is 5.10 Å². The number of carbonyl (C=O) groups excluding carboxylic acids is 2. The van der Waals surface area contributed by atoms with Crippen molar-refractivity contribution in [1.29, 1.82) is 0 Å². The largest absolute Gasteiger partial charge is 0.468 e. The molecule has 1 fully saturated rings. The van der Waals surface area contributed by atoms with Gasteiger partial charge in [0.25, 0.3) is 11.8 Å². The molecule has 2 unspecified atom stereocenters. The van der Waals surface area contributed by atoms with Crippen LogP contribution in [0.1, 0.15) is 33.0 Å². The lowest BCUT2D eigenvalue weighted by Gasteiger charge is -2.39. The van der Waals surface area contributed by atoms with Crippen molar-refractivity contribution in [3.63, 3.8) is 0 Å². The number of carbonyl (C=O) groups is 2. The summed E-state index contributed by atoms with van der Waals surface area (Å²) in [6, 6.07) is 6.83. The number of thioether (sulfide) groups is 1. The SMILES string of the molecule is Cc1nc2n(n1)C(=O)C(C(c1ccco1)N1CCN(C(=O)c3ccco3)CC1)S2. The maximum atomic E-state index is 13.0. The molecule has 29 heavy (non-hydrogen) atoms. The molecule has 2 aliphatic rings. The molecule has 0 aromatic carbocycles. The molecular weight excluding hydrogens is 394 g/mol.